The van der Waals surface area contributed by atoms with Crippen LogP contribution in [0.1, 0.15) is 26.7 Å². The zero-order valence-corrected chi connectivity index (χ0v) is 8.54. The van der Waals surface area contributed by atoms with E-state index in [9.17, 15) is 4.79 Å². The molecular formula is C9H19NO3. The Bertz CT molecular complexity index is 168. The van der Waals surface area contributed by atoms with Crippen molar-refractivity contribution in [3.05, 3.63) is 0 Å². The maximum atomic E-state index is 10.4. The van der Waals surface area contributed by atoms with Gasteiger partial charge in [-0.25, -0.2) is 0 Å². The van der Waals surface area contributed by atoms with Crippen LogP contribution < -0.4 is 5.73 Å². The summed E-state index contributed by atoms with van der Waals surface area (Å²) in [6.45, 7) is 4.24. The van der Waals surface area contributed by atoms with Gasteiger partial charge < -0.3 is 15.6 Å². The Labute approximate surface area is 79.1 Å². The molecule has 0 spiro atoms. The van der Waals surface area contributed by atoms with E-state index < -0.39 is 5.97 Å². The molecule has 0 aromatic rings. The first-order valence-corrected chi connectivity index (χ1v) is 4.38. The molecule has 4 heteroatoms. The third-order valence-corrected chi connectivity index (χ3v) is 2.13. The van der Waals surface area contributed by atoms with Crippen LogP contribution in [0.15, 0.2) is 0 Å². The zero-order chi connectivity index (χ0) is 10.5. The maximum absolute atomic E-state index is 10.4. The first-order valence-electron chi connectivity index (χ1n) is 4.38. The molecule has 0 aliphatic carbocycles. The lowest BCUT2D eigenvalue weighted by molar-refractivity contribution is -0.138. The third kappa shape index (κ3) is 5.60. The highest BCUT2D eigenvalue weighted by Gasteiger charge is 2.23. The van der Waals surface area contributed by atoms with Crippen LogP contribution in [0.3, 0.4) is 0 Å². The highest BCUT2D eigenvalue weighted by molar-refractivity contribution is 5.67. The van der Waals surface area contributed by atoms with E-state index in [2.05, 4.69) is 0 Å². The summed E-state index contributed by atoms with van der Waals surface area (Å²) in [5.74, 6) is -0.810. The standard InChI is InChI=1S/C9H19NO3/c1-9(2,13-3)5-7(6-10)4-8(11)12/h7H,4-6,10H2,1-3H3,(H,11,12). The van der Waals surface area contributed by atoms with Gasteiger partial charge in [-0.15, -0.1) is 0 Å². The summed E-state index contributed by atoms with van der Waals surface area (Å²) in [5.41, 5.74) is 5.17. The Morgan fingerprint density at radius 1 is 1.62 bits per heavy atom. The van der Waals surface area contributed by atoms with E-state index in [0.717, 1.165) is 0 Å². The number of carboxylic acids is 1. The lowest BCUT2D eigenvalue weighted by Crippen LogP contribution is -2.30. The monoisotopic (exact) mass is 189 g/mol. The summed E-state index contributed by atoms with van der Waals surface area (Å²) in [5, 5.41) is 8.59. The Kier molecular flexibility index (Phi) is 4.95. The number of hydrogen-bond donors (Lipinski definition) is 2. The quantitative estimate of drug-likeness (QED) is 0.649. The second kappa shape index (κ2) is 5.19. The van der Waals surface area contributed by atoms with Crippen molar-refractivity contribution in [2.24, 2.45) is 11.7 Å². The summed E-state index contributed by atoms with van der Waals surface area (Å²) < 4.78 is 5.20. The molecule has 0 saturated heterocycles. The second-order valence-electron chi connectivity index (χ2n) is 3.87. The van der Waals surface area contributed by atoms with Crippen LogP contribution in [0.2, 0.25) is 0 Å². The number of methoxy groups -OCH3 is 1. The number of carbonyl (C=O) groups is 1. The molecule has 4 nitrogen and oxygen atoms in total. The van der Waals surface area contributed by atoms with E-state index in [1.165, 1.54) is 0 Å². The molecule has 0 fully saturated rings. The Morgan fingerprint density at radius 2 is 2.15 bits per heavy atom. The number of hydrogen-bond acceptors (Lipinski definition) is 3. The lowest BCUT2D eigenvalue weighted by Gasteiger charge is -2.27. The van der Waals surface area contributed by atoms with Crippen LogP contribution in [0.5, 0.6) is 0 Å². The van der Waals surface area contributed by atoms with Crippen LogP contribution in [0.4, 0.5) is 0 Å². The average Bonchev–Trinajstić information content (AvgIpc) is 2.02. The highest BCUT2D eigenvalue weighted by atomic mass is 16.5. The van der Waals surface area contributed by atoms with Gasteiger partial charge in [0.05, 0.1) is 5.60 Å². The lowest BCUT2D eigenvalue weighted by atomic mass is 9.91. The molecule has 0 aliphatic heterocycles. The number of carboxylic acid groups (broad SMARTS) is 1. The fraction of sp³-hybridized carbons (Fsp3) is 0.889. The summed E-state index contributed by atoms with van der Waals surface area (Å²) in [6, 6.07) is 0. The SMILES string of the molecule is COC(C)(C)CC(CN)CC(=O)O. The molecule has 78 valence electrons. The summed E-state index contributed by atoms with van der Waals surface area (Å²) in [6.07, 6.45) is 0.787. The van der Waals surface area contributed by atoms with Gasteiger partial charge in [0.2, 0.25) is 0 Å². The van der Waals surface area contributed by atoms with Gasteiger partial charge in [-0.1, -0.05) is 0 Å². The van der Waals surface area contributed by atoms with Gasteiger partial charge in [-0.2, -0.15) is 0 Å². The topological polar surface area (TPSA) is 72.5 Å². The fourth-order valence-electron chi connectivity index (χ4n) is 1.26. The van der Waals surface area contributed by atoms with Crippen LogP contribution in [-0.2, 0) is 9.53 Å². The Balaban J connectivity index is 4.04. The van der Waals surface area contributed by atoms with Crippen LogP contribution in [0.25, 0.3) is 0 Å². The van der Waals surface area contributed by atoms with E-state index in [4.69, 9.17) is 15.6 Å². The predicted molar refractivity (Wildman–Crippen MR) is 50.5 cm³/mol. The molecule has 0 aliphatic rings. The molecule has 3 N–H and O–H groups in total. The van der Waals surface area contributed by atoms with E-state index >= 15 is 0 Å². The molecule has 0 rings (SSSR count). The number of ether oxygens (including phenoxy) is 1. The van der Waals surface area contributed by atoms with Gasteiger partial charge in [0.1, 0.15) is 0 Å². The first kappa shape index (κ1) is 12.4. The van der Waals surface area contributed by atoms with Crippen molar-refractivity contribution in [1.29, 1.82) is 0 Å². The molecule has 0 heterocycles. The minimum Gasteiger partial charge on any atom is -0.481 e. The largest absolute Gasteiger partial charge is 0.481 e. The molecule has 0 radical (unpaired) electrons. The zero-order valence-electron chi connectivity index (χ0n) is 8.54. The second-order valence-corrected chi connectivity index (χ2v) is 3.87. The van der Waals surface area contributed by atoms with Gasteiger partial charge in [-0.05, 0) is 32.7 Å². The number of rotatable bonds is 6. The van der Waals surface area contributed by atoms with Crippen molar-refractivity contribution in [2.45, 2.75) is 32.3 Å². The number of nitrogens with two attached hydrogens (primary N) is 1. The maximum Gasteiger partial charge on any atom is 0.303 e. The minimum atomic E-state index is -0.803. The van der Waals surface area contributed by atoms with Gasteiger partial charge in [0, 0.05) is 13.5 Å². The van der Waals surface area contributed by atoms with Crippen molar-refractivity contribution in [2.75, 3.05) is 13.7 Å². The van der Waals surface area contributed by atoms with E-state index in [-0.39, 0.29) is 17.9 Å². The van der Waals surface area contributed by atoms with Gasteiger partial charge in [-0.3, -0.25) is 4.79 Å². The molecular weight excluding hydrogens is 170 g/mol. The Morgan fingerprint density at radius 3 is 2.46 bits per heavy atom. The summed E-state index contributed by atoms with van der Waals surface area (Å²) in [7, 11) is 1.62. The molecule has 13 heavy (non-hydrogen) atoms. The summed E-state index contributed by atoms with van der Waals surface area (Å²) >= 11 is 0. The van der Waals surface area contributed by atoms with Gasteiger partial charge in [0.15, 0.2) is 0 Å². The molecule has 1 unspecified atom stereocenters. The smallest absolute Gasteiger partial charge is 0.303 e. The first-order chi connectivity index (χ1) is 5.91. The summed E-state index contributed by atoms with van der Waals surface area (Å²) in [4.78, 5) is 10.4. The number of aliphatic carboxylic acids is 1. The molecule has 0 bridgehead atoms. The third-order valence-electron chi connectivity index (χ3n) is 2.13. The van der Waals surface area contributed by atoms with Crippen molar-refractivity contribution >= 4 is 5.97 Å². The van der Waals surface area contributed by atoms with E-state index in [1.54, 1.807) is 7.11 Å². The van der Waals surface area contributed by atoms with E-state index in [1.807, 2.05) is 13.8 Å². The average molecular weight is 189 g/mol. The molecule has 0 amide bonds. The van der Waals surface area contributed by atoms with Crippen LogP contribution in [0, 0.1) is 5.92 Å². The fourth-order valence-corrected chi connectivity index (χ4v) is 1.26. The Hall–Kier alpha value is -0.610. The van der Waals surface area contributed by atoms with Crippen LogP contribution in [-0.4, -0.2) is 30.3 Å². The van der Waals surface area contributed by atoms with Crippen molar-refractivity contribution in [3.63, 3.8) is 0 Å². The van der Waals surface area contributed by atoms with Crippen LogP contribution >= 0.6 is 0 Å². The van der Waals surface area contributed by atoms with E-state index in [0.29, 0.717) is 13.0 Å². The van der Waals surface area contributed by atoms with Gasteiger partial charge in [0.25, 0.3) is 0 Å². The van der Waals surface area contributed by atoms with Crippen molar-refractivity contribution < 1.29 is 14.6 Å². The highest BCUT2D eigenvalue weighted by Crippen LogP contribution is 2.21. The van der Waals surface area contributed by atoms with Crippen molar-refractivity contribution in [3.8, 4) is 0 Å². The normalized spacial score (nSPS) is 14.2. The molecule has 0 aromatic carbocycles. The predicted octanol–water partition coefficient (Wildman–Crippen LogP) is 0.851. The minimum absolute atomic E-state index is 0.00699. The van der Waals surface area contributed by atoms with Gasteiger partial charge >= 0.3 is 5.97 Å². The molecule has 1 atom stereocenters. The van der Waals surface area contributed by atoms with Crippen molar-refractivity contribution in [1.82, 2.24) is 0 Å². The molecule has 0 aromatic heterocycles. The molecule has 0 saturated carbocycles.